The van der Waals surface area contributed by atoms with Crippen LogP contribution in [0, 0.1) is 5.41 Å². The monoisotopic (exact) mass is 287 g/mol. The van der Waals surface area contributed by atoms with Crippen LogP contribution in [-0.4, -0.2) is 28.7 Å². The first-order valence-corrected chi connectivity index (χ1v) is 7.84. The number of rotatable bonds is 5. The Morgan fingerprint density at radius 1 is 1.43 bits per heavy atom. The highest BCUT2D eigenvalue weighted by Crippen LogP contribution is 2.43. The van der Waals surface area contributed by atoms with Gasteiger partial charge in [0.2, 0.25) is 0 Å². The number of H-pyrrole nitrogens is 1. The Balaban J connectivity index is 1.68. The van der Waals surface area contributed by atoms with Crippen molar-refractivity contribution in [3.8, 4) is 0 Å². The first-order chi connectivity index (χ1) is 10.0. The van der Waals surface area contributed by atoms with E-state index in [1.54, 1.807) is 0 Å². The van der Waals surface area contributed by atoms with Gasteiger partial charge in [-0.25, -0.2) is 4.98 Å². The zero-order chi connectivity index (χ0) is 15.0. The van der Waals surface area contributed by atoms with Crippen LogP contribution in [0.25, 0.3) is 11.0 Å². The van der Waals surface area contributed by atoms with Crippen molar-refractivity contribution < 1.29 is 4.74 Å². The molecule has 4 nitrogen and oxygen atoms in total. The molecule has 0 bridgehead atoms. The first-order valence-electron chi connectivity index (χ1n) is 7.84. The Morgan fingerprint density at radius 3 is 2.86 bits per heavy atom. The summed E-state index contributed by atoms with van der Waals surface area (Å²) >= 11 is 0. The van der Waals surface area contributed by atoms with Crippen molar-refractivity contribution in [3.63, 3.8) is 0 Å². The maximum absolute atomic E-state index is 5.80. The lowest BCUT2D eigenvalue weighted by Gasteiger charge is -2.52. The second-order valence-corrected chi connectivity index (χ2v) is 6.58. The Morgan fingerprint density at radius 2 is 2.19 bits per heavy atom. The van der Waals surface area contributed by atoms with E-state index < -0.39 is 0 Å². The molecule has 1 heterocycles. The van der Waals surface area contributed by atoms with E-state index >= 15 is 0 Å². The molecule has 1 aromatic heterocycles. The zero-order valence-corrected chi connectivity index (χ0v) is 13.3. The SMILES string of the molecule is CCOC1CC(NC(C)c2nc3ccccc3[nH]2)C1(C)C. The van der Waals surface area contributed by atoms with Gasteiger partial charge in [0, 0.05) is 18.1 Å². The van der Waals surface area contributed by atoms with Crippen LogP contribution in [0.2, 0.25) is 0 Å². The topological polar surface area (TPSA) is 49.9 Å². The van der Waals surface area contributed by atoms with Gasteiger partial charge in [-0.1, -0.05) is 26.0 Å². The minimum atomic E-state index is 0.177. The summed E-state index contributed by atoms with van der Waals surface area (Å²) in [5.74, 6) is 1.01. The van der Waals surface area contributed by atoms with Gasteiger partial charge in [0.1, 0.15) is 5.82 Å². The van der Waals surface area contributed by atoms with Crippen LogP contribution >= 0.6 is 0 Å². The van der Waals surface area contributed by atoms with Crippen molar-refractivity contribution in [1.82, 2.24) is 15.3 Å². The fourth-order valence-electron chi connectivity index (χ4n) is 3.21. The largest absolute Gasteiger partial charge is 0.378 e. The average Bonchev–Trinajstić information content (AvgIpc) is 2.90. The molecule has 3 atom stereocenters. The van der Waals surface area contributed by atoms with Gasteiger partial charge in [-0.3, -0.25) is 0 Å². The van der Waals surface area contributed by atoms with Gasteiger partial charge in [0.25, 0.3) is 0 Å². The van der Waals surface area contributed by atoms with Crippen LogP contribution in [-0.2, 0) is 4.74 Å². The van der Waals surface area contributed by atoms with Gasteiger partial charge in [-0.15, -0.1) is 0 Å². The Hall–Kier alpha value is -1.39. The number of nitrogens with one attached hydrogen (secondary N) is 2. The molecule has 3 unspecified atom stereocenters. The summed E-state index contributed by atoms with van der Waals surface area (Å²) < 4.78 is 5.80. The van der Waals surface area contributed by atoms with E-state index in [2.05, 4.69) is 49.0 Å². The quantitative estimate of drug-likeness (QED) is 0.886. The fraction of sp³-hybridized carbons (Fsp3) is 0.588. The van der Waals surface area contributed by atoms with Crippen molar-refractivity contribution in [2.24, 2.45) is 5.41 Å². The first kappa shape index (κ1) is 14.5. The fourth-order valence-corrected chi connectivity index (χ4v) is 3.21. The predicted molar refractivity (Wildman–Crippen MR) is 85.2 cm³/mol. The number of hydrogen-bond acceptors (Lipinski definition) is 3. The molecule has 2 aromatic rings. The molecule has 2 N–H and O–H groups in total. The number of aromatic nitrogens is 2. The highest BCUT2D eigenvalue weighted by atomic mass is 16.5. The molecule has 1 fully saturated rings. The molecule has 114 valence electrons. The lowest BCUT2D eigenvalue weighted by atomic mass is 9.64. The molecule has 0 saturated heterocycles. The lowest BCUT2D eigenvalue weighted by Crippen LogP contribution is -2.61. The van der Waals surface area contributed by atoms with Crippen molar-refractivity contribution in [1.29, 1.82) is 0 Å². The number of fused-ring (bicyclic) bond motifs is 1. The third kappa shape index (κ3) is 2.58. The van der Waals surface area contributed by atoms with E-state index in [0.29, 0.717) is 12.1 Å². The van der Waals surface area contributed by atoms with E-state index in [0.717, 1.165) is 29.9 Å². The molecule has 21 heavy (non-hydrogen) atoms. The number of para-hydroxylation sites is 2. The molecule has 4 heteroatoms. The summed E-state index contributed by atoms with van der Waals surface area (Å²) in [6.07, 6.45) is 1.44. The second-order valence-electron chi connectivity index (χ2n) is 6.58. The summed E-state index contributed by atoms with van der Waals surface area (Å²) in [6, 6.07) is 8.84. The number of hydrogen-bond donors (Lipinski definition) is 2. The maximum atomic E-state index is 5.80. The summed E-state index contributed by atoms with van der Waals surface area (Å²) in [6.45, 7) is 9.58. The molecular weight excluding hydrogens is 262 g/mol. The summed E-state index contributed by atoms with van der Waals surface area (Å²) in [7, 11) is 0. The maximum Gasteiger partial charge on any atom is 0.124 e. The molecule has 1 saturated carbocycles. The van der Waals surface area contributed by atoms with E-state index in [1.165, 1.54) is 0 Å². The molecule has 0 spiro atoms. The van der Waals surface area contributed by atoms with E-state index in [1.807, 2.05) is 18.2 Å². The molecule has 1 aliphatic rings. The normalized spacial score (nSPS) is 25.7. The minimum Gasteiger partial charge on any atom is -0.378 e. The van der Waals surface area contributed by atoms with Crippen molar-refractivity contribution in [2.75, 3.05) is 6.61 Å². The van der Waals surface area contributed by atoms with Gasteiger partial charge in [-0.05, 0) is 32.4 Å². The molecule has 0 radical (unpaired) electrons. The summed E-state index contributed by atoms with van der Waals surface area (Å²) in [5.41, 5.74) is 2.30. The van der Waals surface area contributed by atoms with E-state index in [4.69, 9.17) is 4.74 Å². The second kappa shape index (κ2) is 5.43. The van der Waals surface area contributed by atoms with Crippen LogP contribution in [0.4, 0.5) is 0 Å². The molecule has 0 aliphatic heterocycles. The number of aromatic amines is 1. The van der Waals surface area contributed by atoms with Crippen molar-refractivity contribution in [3.05, 3.63) is 30.1 Å². The zero-order valence-electron chi connectivity index (χ0n) is 13.3. The molecular formula is C17H25N3O. The van der Waals surface area contributed by atoms with Crippen LogP contribution in [0.1, 0.15) is 46.0 Å². The number of ether oxygens (including phenoxy) is 1. The molecule has 1 aliphatic carbocycles. The highest BCUT2D eigenvalue weighted by Gasteiger charge is 2.49. The standard InChI is InChI=1S/C17H25N3O/c1-5-21-15-10-14(17(15,3)4)18-11(2)16-19-12-8-6-7-9-13(12)20-16/h6-9,11,14-15,18H,5,10H2,1-4H3,(H,19,20). The molecule has 0 amide bonds. The Bertz CT molecular complexity index is 586. The smallest absolute Gasteiger partial charge is 0.124 e. The van der Waals surface area contributed by atoms with Crippen LogP contribution in [0.3, 0.4) is 0 Å². The third-order valence-electron chi connectivity index (χ3n) is 4.81. The van der Waals surface area contributed by atoms with Gasteiger partial charge in [0.15, 0.2) is 0 Å². The lowest BCUT2D eigenvalue weighted by molar-refractivity contribution is -0.116. The number of nitrogens with zero attached hydrogens (tertiary/aromatic N) is 1. The van der Waals surface area contributed by atoms with Crippen molar-refractivity contribution in [2.45, 2.75) is 52.3 Å². The number of benzene rings is 1. The van der Waals surface area contributed by atoms with Crippen LogP contribution in [0.5, 0.6) is 0 Å². The van der Waals surface area contributed by atoms with Crippen LogP contribution in [0.15, 0.2) is 24.3 Å². The van der Waals surface area contributed by atoms with Gasteiger partial charge < -0.3 is 15.0 Å². The summed E-state index contributed by atoms with van der Waals surface area (Å²) in [5, 5.41) is 3.70. The van der Waals surface area contributed by atoms with Gasteiger partial charge >= 0.3 is 0 Å². The predicted octanol–water partition coefficient (Wildman–Crippen LogP) is 3.42. The average molecular weight is 287 g/mol. The number of imidazole rings is 1. The molecule has 3 rings (SSSR count). The van der Waals surface area contributed by atoms with Crippen LogP contribution < -0.4 is 5.32 Å². The highest BCUT2D eigenvalue weighted by molar-refractivity contribution is 5.74. The van der Waals surface area contributed by atoms with E-state index in [-0.39, 0.29) is 11.5 Å². The van der Waals surface area contributed by atoms with Crippen molar-refractivity contribution >= 4 is 11.0 Å². The van der Waals surface area contributed by atoms with Gasteiger partial charge in [-0.2, -0.15) is 0 Å². The Labute approximate surface area is 126 Å². The minimum absolute atomic E-state index is 0.177. The van der Waals surface area contributed by atoms with E-state index in [9.17, 15) is 0 Å². The summed E-state index contributed by atoms with van der Waals surface area (Å²) in [4.78, 5) is 8.09. The van der Waals surface area contributed by atoms with Gasteiger partial charge in [0.05, 0.1) is 23.2 Å². The Kier molecular flexibility index (Phi) is 3.76. The molecule has 1 aromatic carbocycles. The third-order valence-corrected chi connectivity index (χ3v) is 4.81.